The standard InChI is InChI=1S/C22H19F3N6O.C18H14F2N6O/c23-14-3-1-13(2-4-14)19-20(30(12-28-19)15-7-9-22(24,25)10-8-15)16-5-6-18-27-11-17(21(26)32)31(18)29-16;19-7-8-25-10-23-16(11-1-3-12(20)4-2-11)17(25)13-5-6-15-22-9-14(18(21)27)26(15)24-13/h1-6,11-12,15H,7-10H2,(H2,26,32);1-6,9-10H,7-8H2,(H2,21,27). The Morgan fingerprint density at radius 1 is 0.661 bits per heavy atom. The summed E-state index contributed by atoms with van der Waals surface area (Å²) in [5.41, 5.74) is 16.4. The molecule has 300 valence electrons. The van der Waals surface area contributed by atoms with Crippen LogP contribution in [0.4, 0.5) is 22.0 Å². The van der Waals surface area contributed by atoms with Crippen LogP contribution >= 0.6 is 0 Å². The third-order valence-corrected chi connectivity index (χ3v) is 9.99. The van der Waals surface area contributed by atoms with Crippen LogP contribution in [0.2, 0.25) is 0 Å². The van der Waals surface area contributed by atoms with E-state index in [1.807, 2.05) is 4.57 Å². The minimum atomic E-state index is -2.67. The van der Waals surface area contributed by atoms with Crippen LogP contribution in [0.3, 0.4) is 0 Å². The Hall–Kier alpha value is -7.31. The van der Waals surface area contributed by atoms with Gasteiger partial charge in [0.2, 0.25) is 5.92 Å². The van der Waals surface area contributed by atoms with E-state index in [1.54, 1.807) is 59.4 Å². The van der Waals surface area contributed by atoms with Gasteiger partial charge in [0.1, 0.15) is 41.1 Å². The highest BCUT2D eigenvalue weighted by Crippen LogP contribution is 2.42. The van der Waals surface area contributed by atoms with Crippen molar-refractivity contribution in [3.8, 4) is 45.3 Å². The van der Waals surface area contributed by atoms with Crippen molar-refractivity contribution in [2.24, 2.45) is 11.5 Å². The number of primary amides is 2. The van der Waals surface area contributed by atoms with Crippen molar-refractivity contribution in [2.45, 2.75) is 44.2 Å². The largest absolute Gasteiger partial charge is 0.364 e. The molecule has 9 rings (SSSR count). The maximum absolute atomic E-state index is 13.8. The van der Waals surface area contributed by atoms with Crippen LogP contribution in [0.5, 0.6) is 0 Å². The zero-order valence-electron chi connectivity index (χ0n) is 30.9. The molecule has 6 aromatic heterocycles. The molecule has 0 bridgehead atoms. The summed E-state index contributed by atoms with van der Waals surface area (Å²) < 4.78 is 73.4. The van der Waals surface area contributed by atoms with Crippen LogP contribution < -0.4 is 11.5 Å². The third kappa shape index (κ3) is 7.61. The molecule has 1 aliphatic rings. The lowest BCUT2D eigenvalue weighted by atomic mass is 9.91. The maximum atomic E-state index is 13.8. The molecule has 1 aliphatic carbocycles. The van der Waals surface area contributed by atoms with Gasteiger partial charge in [0.05, 0.1) is 54.4 Å². The second-order valence-electron chi connectivity index (χ2n) is 13.8. The minimum absolute atomic E-state index is 0.0792. The number of hydrogen-bond acceptors (Lipinski definition) is 8. The van der Waals surface area contributed by atoms with E-state index in [-0.39, 0.29) is 48.5 Å². The molecule has 8 aromatic rings. The minimum Gasteiger partial charge on any atom is -0.364 e. The molecule has 0 aliphatic heterocycles. The third-order valence-electron chi connectivity index (χ3n) is 9.99. The lowest BCUT2D eigenvalue weighted by molar-refractivity contribution is -0.0438. The summed E-state index contributed by atoms with van der Waals surface area (Å²) in [5.74, 6) is -4.76. The molecule has 0 spiro atoms. The van der Waals surface area contributed by atoms with Crippen LogP contribution in [0.1, 0.15) is 52.7 Å². The topological polar surface area (TPSA) is 182 Å². The van der Waals surface area contributed by atoms with Gasteiger partial charge < -0.3 is 20.6 Å². The molecule has 59 heavy (non-hydrogen) atoms. The van der Waals surface area contributed by atoms with Crippen molar-refractivity contribution in [3.05, 3.63) is 121 Å². The Kier molecular flexibility index (Phi) is 10.2. The van der Waals surface area contributed by atoms with Gasteiger partial charge in [0, 0.05) is 30.0 Å². The van der Waals surface area contributed by atoms with Crippen LogP contribution in [0.15, 0.2) is 97.8 Å². The number of imidazole rings is 4. The van der Waals surface area contributed by atoms with Gasteiger partial charge in [-0.25, -0.2) is 50.9 Å². The number of hydrogen-bond donors (Lipinski definition) is 2. The number of aromatic nitrogens is 10. The zero-order valence-corrected chi connectivity index (χ0v) is 30.9. The second-order valence-corrected chi connectivity index (χ2v) is 13.8. The molecule has 14 nitrogen and oxygen atoms in total. The van der Waals surface area contributed by atoms with Crippen molar-refractivity contribution >= 4 is 23.1 Å². The first-order valence-corrected chi connectivity index (χ1v) is 18.3. The number of alkyl halides is 3. The SMILES string of the molecule is NC(=O)c1cnc2ccc(-c3c(-c4ccc(F)cc4)ncn3C3CCC(F)(F)CC3)nn12.NC(=O)c1cnc2ccc(-c3c(-c4ccc(F)cc4)ncn3CCF)nn12. The number of benzene rings is 2. The average Bonchev–Trinajstić information content (AvgIpc) is 4.03. The number of carbonyl (C=O) groups excluding carboxylic acids is 2. The molecule has 2 amide bonds. The highest BCUT2D eigenvalue weighted by atomic mass is 19.3. The molecule has 19 heteroatoms. The number of carbonyl (C=O) groups is 2. The lowest BCUT2D eigenvalue weighted by Crippen LogP contribution is -2.26. The van der Waals surface area contributed by atoms with Crippen LogP contribution in [-0.4, -0.2) is 72.7 Å². The Morgan fingerprint density at radius 3 is 1.63 bits per heavy atom. The van der Waals surface area contributed by atoms with E-state index in [9.17, 15) is 31.5 Å². The number of nitrogens with zero attached hydrogens (tertiary/aromatic N) is 10. The van der Waals surface area contributed by atoms with E-state index >= 15 is 0 Å². The summed E-state index contributed by atoms with van der Waals surface area (Å²) in [5, 5.41) is 9.00. The van der Waals surface area contributed by atoms with Gasteiger partial charge >= 0.3 is 0 Å². The fourth-order valence-corrected chi connectivity index (χ4v) is 7.08. The molecule has 0 saturated heterocycles. The number of amides is 2. The first-order valence-electron chi connectivity index (χ1n) is 18.3. The lowest BCUT2D eigenvalue weighted by Gasteiger charge is -2.30. The van der Waals surface area contributed by atoms with Gasteiger partial charge in [-0.05, 0) is 85.6 Å². The van der Waals surface area contributed by atoms with Crippen molar-refractivity contribution in [1.29, 1.82) is 0 Å². The van der Waals surface area contributed by atoms with E-state index in [1.165, 1.54) is 52.0 Å². The smallest absolute Gasteiger partial charge is 0.269 e. The Labute approximate surface area is 331 Å². The molecule has 6 heterocycles. The van der Waals surface area contributed by atoms with Gasteiger partial charge in [-0.2, -0.15) is 10.2 Å². The molecular weight excluding hydrogens is 776 g/mol. The normalized spacial score (nSPS) is 14.1. The first-order chi connectivity index (χ1) is 28.4. The average molecular weight is 809 g/mol. The fourth-order valence-electron chi connectivity index (χ4n) is 7.08. The summed E-state index contributed by atoms with van der Waals surface area (Å²) in [4.78, 5) is 40.4. The van der Waals surface area contributed by atoms with E-state index in [0.29, 0.717) is 69.4 Å². The first kappa shape index (κ1) is 38.6. The van der Waals surface area contributed by atoms with Gasteiger partial charge in [0.25, 0.3) is 11.8 Å². The monoisotopic (exact) mass is 808 g/mol. The van der Waals surface area contributed by atoms with Crippen molar-refractivity contribution in [1.82, 2.24) is 48.3 Å². The Morgan fingerprint density at radius 2 is 1.14 bits per heavy atom. The van der Waals surface area contributed by atoms with Crippen LogP contribution in [0.25, 0.3) is 56.6 Å². The molecule has 0 atom stereocenters. The fraction of sp³-hybridized carbons (Fsp3) is 0.200. The molecule has 1 saturated carbocycles. The highest BCUT2D eigenvalue weighted by molar-refractivity contribution is 5.92. The number of nitrogens with two attached hydrogens (primary N) is 2. The van der Waals surface area contributed by atoms with E-state index in [4.69, 9.17) is 11.5 Å². The van der Waals surface area contributed by atoms with Gasteiger partial charge in [-0.3, -0.25) is 9.59 Å². The molecule has 4 N–H and O–H groups in total. The van der Waals surface area contributed by atoms with Crippen molar-refractivity contribution < 1.29 is 31.5 Å². The molecular formula is C40H33F5N12O2. The quantitative estimate of drug-likeness (QED) is 0.151. The second kappa shape index (κ2) is 15.6. The summed E-state index contributed by atoms with van der Waals surface area (Å²) in [6.45, 7) is -0.512. The number of rotatable bonds is 9. The number of aryl methyl sites for hydroxylation is 1. The van der Waals surface area contributed by atoms with Crippen LogP contribution in [0, 0.1) is 11.6 Å². The van der Waals surface area contributed by atoms with E-state index in [2.05, 4.69) is 30.1 Å². The van der Waals surface area contributed by atoms with Gasteiger partial charge in [0.15, 0.2) is 11.3 Å². The van der Waals surface area contributed by atoms with Gasteiger partial charge in [-0.15, -0.1) is 0 Å². The summed E-state index contributed by atoms with van der Waals surface area (Å²) in [6.07, 6.45) is 5.96. The molecule has 0 radical (unpaired) electrons. The summed E-state index contributed by atoms with van der Waals surface area (Å²) in [6, 6.07) is 18.3. The van der Waals surface area contributed by atoms with Gasteiger partial charge in [-0.1, -0.05) is 0 Å². The Balaban J connectivity index is 0.000000167. The molecule has 1 fully saturated rings. The van der Waals surface area contributed by atoms with Crippen molar-refractivity contribution in [2.75, 3.05) is 6.67 Å². The molecule has 2 aromatic carbocycles. The zero-order chi connectivity index (χ0) is 41.4. The predicted octanol–water partition coefficient (Wildman–Crippen LogP) is 6.72. The van der Waals surface area contributed by atoms with E-state index in [0.717, 1.165) is 0 Å². The predicted molar refractivity (Wildman–Crippen MR) is 205 cm³/mol. The summed E-state index contributed by atoms with van der Waals surface area (Å²) >= 11 is 0. The number of halogens is 5. The highest BCUT2D eigenvalue weighted by Gasteiger charge is 2.36. The Bertz CT molecular complexity index is 2820. The molecule has 0 unspecified atom stereocenters. The van der Waals surface area contributed by atoms with Crippen LogP contribution in [-0.2, 0) is 6.54 Å². The van der Waals surface area contributed by atoms with E-state index < -0.39 is 24.4 Å². The maximum Gasteiger partial charge on any atom is 0.269 e. The van der Waals surface area contributed by atoms with Crippen molar-refractivity contribution in [3.63, 3.8) is 0 Å². The summed E-state index contributed by atoms with van der Waals surface area (Å²) in [7, 11) is 0. The number of fused-ring (bicyclic) bond motifs is 2.